The number of carbonyl (C=O) groups excluding carboxylic acids is 1. The van der Waals surface area contributed by atoms with Gasteiger partial charge < -0.3 is 33.5 Å². The largest absolute Gasteiger partial charge is 0.448 e. The maximum absolute atomic E-state index is 11.5. The van der Waals surface area contributed by atoms with Crippen molar-refractivity contribution < 1.29 is 46.7 Å². The van der Waals surface area contributed by atoms with E-state index in [4.69, 9.17) is 15.7 Å². The molecule has 0 aromatic carbocycles. The quantitative estimate of drug-likeness (QED) is 0.293. The number of allylic oxidation sites excluding steroid dienone is 3. The van der Waals surface area contributed by atoms with Crippen LogP contribution in [0, 0.1) is 24.5 Å². The minimum atomic E-state index is -0.0807. The Morgan fingerprint density at radius 3 is 2.92 bits per heavy atom. The number of hydrogen-bond donors (Lipinski definition) is 0. The smallest absolute Gasteiger partial charge is 0.201 e. The number of aromatic nitrogens is 1. The summed E-state index contributed by atoms with van der Waals surface area (Å²) in [7, 11) is 0. The van der Waals surface area contributed by atoms with Gasteiger partial charge in [0.25, 0.3) is 0 Å². The Morgan fingerprint density at radius 2 is 2.32 bits per heavy atom. The van der Waals surface area contributed by atoms with Crippen molar-refractivity contribution in [1.82, 2.24) is 4.98 Å². The van der Waals surface area contributed by atoms with Gasteiger partial charge in [-0.1, -0.05) is 13.3 Å². The fourth-order valence-corrected chi connectivity index (χ4v) is 4.86. The van der Waals surface area contributed by atoms with E-state index < -0.39 is 0 Å². The first-order valence-corrected chi connectivity index (χ1v) is 8.90. The molecule has 1 saturated heterocycles. The summed E-state index contributed by atoms with van der Waals surface area (Å²) in [6.07, 6.45) is 12.1. The van der Waals surface area contributed by atoms with Gasteiger partial charge >= 0.3 is 0 Å². The minimum Gasteiger partial charge on any atom is -0.448 e. The Hall–Kier alpha value is -0.576. The molecule has 0 bridgehead atoms. The van der Waals surface area contributed by atoms with E-state index in [1.54, 1.807) is 6.08 Å². The minimum absolute atomic E-state index is 0. The molecule has 2 heterocycles. The molecule has 2 saturated carbocycles. The van der Waals surface area contributed by atoms with E-state index in [1.807, 2.05) is 0 Å². The molecule has 4 rings (SSSR count). The van der Waals surface area contributed by atoms with Gasteiger partial charge in [0.15, 0.2) is 5.78 Å². The molecule has 1 aromatic rings. The average molecular weight is 414 g/mol. The zero-order valence-electron chi connectivity index (χ0n) is 14.8. The van der Waals surface area contributed by atoms with Crippen LogP contribution in [0.5, 0.6) is 0 Å². The molecule has 1 aliphatic heterocycles. The van der Waals surface area contributed by atoms with E-state index >= 15 is 0 Å². The number of carbonyl (C=O) groups is 1. The van der Waals surface area contributed by atoms with Crippen molar-refractivity contribution in [2.45, 2.75) is 63.6 Å². The SMILES string of the molecule is [CH-]=CC(=[C-]C[C@H]1[C@H]2CCC3O[C@]32[C@H]1c1nc(C(C)=O)co1)CCC.[Y]. The summed E-state index contributed by atoms with van der Waals surface area (Å²) in [6.45, 7) is 9.36. The van der Waals surface area contributed by atoms with Crippen molar-refractivity contribution in [3.05, 3.63) is 42.2 Å². The number of hydrogen-bond acceptors (Lipinski definition) is 4. The molecule has 5 heteroatoms. The van der Waals surface area contributed by atoms with Gasteiger partial charge in [0.05, 0.1) is 12.0 Å². The van der Waals surface area contributed by atoms with Crippen LogP contribution in [0.25, 0.3) is 0 Å². The van der Waals surface area contributed by atoms with Crippen molar-refractivity contribution in [1.29, 1.82) is 0 Å². The summed E-state index contributed by atoms with van der Waals surface area (Å²) < 4.78 is 11.7. The Bertz CT molecular complexity index is 710. The Kier molecular flexibility index (Phi) is 5.53. The molecule has 0 N–H and O–H groups in total. The molecule has 4 nitrogen and oxygen atoms in total. The van der Waals surface area contributed by atoms with E-state index in [0.29, 0.717) is 29.5 Å². The Morgan fingerprint density at radius 1 is 1.52 bits per heavy atom. The van der Waals surface area contributed by atoms with Gasteiger partial charge in [-0.25, -0.2) is 4.98 Å². The van der Waals surface area contributed by atoms with Gasteiger partial charge in [-0.15, -0.1) is 12.8 Å². The summed E-state index contributed by atoms with van der Waals surface area (Å²) in [5, 5.41) is 0. The summed E-state index contributed by atoms with van der Waals surface area (Å²) in [5.74, 6) is 1.68. The van der Waals surface area contributed by atoms with Crippen LogP contribution in [-0.2, 0) is 37.4 Å². The fourth-order valence-electron chi connectivity index (χ4n) is 4.86. The number of Topliss-reactive ketones (excluding diaryl/α,β-unsaturated/α-hetero) is 1. The molecular formula is C20H23NO3Y-2. The number of oxazole rings is 1. The van der Waals surface area contributed by atoms with Gasteiger partial charge in [0.2, 0.25) is 5.89 Å². The molecule has 0 amide bonds. The summed E-state index contributed by atoms with van der Waals surface area (Å²) in [4.78, 5) is 16.0. The predicted molar refractivity (Wildman–Crippen MR) is 88.2 cm³/mol. The van der Waals surface area contributed by atoms with Crippen LogP contribution in [0.3, 0.4) is 0 Å². The van der Waals surface area contributed by atoms with Crippen LogP contribution >= 0.6 is 0 Å². The van der Waals surface area contributed by atoms with Crippen molar-refractivity contribution in [3.8, 4) is 0 Å². The third-order valence-corrected chi connectivity index (χ3v) is 5.98. The average Bonchev–Trinajstić information content (AvgIpc) is 2.97. The molecular weight excluding hydrogens is 391 g/mol. The molecule has 5 atom stereocenters. The van der Waals surface area contributed by atoms with Crippen molar-refractivity contribution in [2.24, 2.45) is 11.8 Å². The molecule has 3 fully saturated rings. The van der Waals surface area contributed by atoms with Crippen LogP contribution in [0.1, 0.15) is 68.2 Å². The maximum atomic E-state index is 11.5. The first kappa shape index (κ1) is 19.2. The standard InChI is InChI=1S/C20H23NO3.Y/c1-4-6-13(5-2)7-8-14-15-9-10-17-20(15,24-17)18(14)19-21-16(11-23-19)12(3)22;/h2,5,11,14-15,17-18H,4,6,8-10H2,1,3H3;/q-2;/t14-,15+,17?,18+,20-;/m0./s1. The number of rotatable bonds is 7. The van der Waals surface area contributed by atoms with Gasteiger partial charge in [0, 0.05) is 39.6 Å². The monoisotopic (exact) mass is 414 g/mol. The second kappa shape index (κ2) is 7.21. The van der Waals surface area contributed by atoms with Crippen LogP contribution < -0.4 is 0 Å². The second-order valence-electron chi connectivity index (χ2n) is 7.24. The van der Waals surface area contributed by atoms with E-state index in [0.717, 1.165) is 31.3 Å². The zero-order chi connectivity index (χ0) is 16.9. The van der Waals surface area contributed by atoms with E-state index in [2.05, 4.69) is 18.0 Å². The first-order chi connectivity index (χ1) is 11.6. The van der Waals surface area contributed by atoms with Crippen molar-refractivity contribution in [3.63, 3.8) is 0 Å². The number of nitrogens with zero attached hydrogens (tertiary/aromatic N) is 1. The molecule has 1 aromatic heterocycles. The van der Waals surface area contributed by atoms with E-state index in [9.17, 15) is 4.79 Å². The summed E-state index contributed by atoms with van der Waals surface area (Å²) in [5.41, 5.74) is 1.41. The number of ether oxygens (including phenoxy) is 1. The molecule has 2 aliphatic carbocycles. The third kappa shape index (κ3) is 2.94. The first-order valence-electron chi connectivity index (χ1n) is 8.90. The summed E-state index contributed by atoms with van der Waals surface area (Å²) in [6, 6.07) is 0. The van der Waals surface area contributed by atoms with E-state index in [1.165, 1.54) is 19.6 Å². The Labute approximate surface area is 174 Å². The second-order valence-corrected chi connectivity index (χ2v) is 7.24. The summed E-state index contributed by atoms with van der Waals surface area (Å²) >= 11 is 0. The zero-order valence-corrected chi connectivity index (χ0v) is 17.7. The molecule has 25 heavy (non-hydrogen) atoms. The van der Waals surface area contributed by atoms with Crippen LogP contribution in [0.4, 0.5) is 0 Å². The van der Waals surface area contributed by atoms with Gasteiger partial charge in [-0.3, -0.25) is 4.79 Å². The van der Waals surface area contributed by atoms with Crippen LogP contribution in [0.2, 0.25) is 0 Å². The molecule has 131 valence electrons. The topological polar surface area (TPSA) is 55.6 Å². The van der Waals surface area contributed by atoms with E-state index in [-0.39, 0.29) is 50.0 Å². The maximum Gasteiger partial charge on any atom is 0.201 e. The fraction of sp³-hybridized carbons (Fsp3) is 0.600. The third-order valence-electron chi connectivity index (χ3n) is 5.98. The van der Waals surface area contributed by atoms with Crippen LogP contribution in [0.15, 0.2) is 22.3 Å². The molecule has 1 spiro atoms. The molecule has 1 unspecified atom stereocenters. The normalized spacial score (nSPS) is 35.2. The number of ketones is 1. The number of epoxide rings is 1. The predicted octanol–water partition coefficient (Wildman–Crippen LogP) is 4.04. The van der Waals surface area contributed by atoms with Crippen molar-refractivity contribution in [2.75, 3.05) is 0 Å². The van der Waals surface area contributed by atoms with Crippen molar-refractivity contribution >= 4 is 5.78 Å². The van der Waals surface area contributed by atoms with Gasteiger partial charge in [-0.05, 0) is 24.7 Å². The molecule has 3 aliphatic rings. The van der Waals surface area contributed by atoms with Gasteiger partial charge in [-0.2, -0.15) is 0 Å². The van der Waals surface area contributed by atoms with Crippen LogP contribution in [-0.4, -0.2) is 22.5 Å². The Balaban J connectivity index is 0.00000182. The van der Waals surface area contributed by atoms with Gasteiger partial charge in [0.1, 0.15) is 17.6 Å². The molecule has 1 radical (unpaired) electrons.